The summed E-state index contributed by atoms with van der Waals surface area (Å²) in [6.07, 6.45) is 7.42. The molecule has 3 rings (SSSR count). The van der Waals surface area contributed by atoms with Crippen molar-refractivity contribution in [1.82, 2.24) is 14.9 Å². The summed E-state index contributed by atoms with van der Waals surface area (Å²) >= 11 is 5.97. The van der Waals surface area contributed by atoms with Crippen LogP contribution in [0.1, 0.15) is 43.1 Å². The van der Waals surface area contributed by atoms with Crippen LogP contribution in [0.3, 0.4) is 0 Å². The van der Waals surface area contributed by atoms with Crippen LogP contribution in [-0.4, -0.2) is 33.4 Å². The number of hydrogen-bond acceptors (Lipinski definition) is 4. The molecule has 1 N–H and O–H groups in total. The second-order valence-corrected chi connectivity index (χ2v) is 6.42. The van der Waals surface area contributed by atoms with Crippen LogP contribution in [0.2, 0.25) is 5.02 Å². The Morgan fingerprint density at radius 2 is 2.21 bits per heavy atom. The van der Waals surface area contributed by atoms with Crippen LogP contribution in [0.4, 0.5) is 11.5 Å². The van der Waals surface area contributed by atoms with Crippen molar-refractivity contribution in [2.75, 3.05) is 11.9 Å². The molecule has 0 radical (unpaired) electrons. The first kappa shape index (κ1) is 16.7. The van der Waals surface area contributed by atoms with E-state index in [4.69, 9.17) is 11.6 Å². The number of nitrogens with zero attached hydrogens (tertiary/aromatic N) is 3. The number of rotatable bonds is 4. The Morgan fingerprint density at radius 1 is 1.33 bits per heavy atom. The molecule has 5 nitrogen and oxygen atoms in total. The lowest BCUT2D eigenvalue weighted by molar-refractivity contribution is 0.0601. The van der Waals surface area contributed by atoms with Gasteiger partial charge in [0.1, 0.15) is 11.5 Å². The van der Waals surface area contributed by atoms with Crippen LogP contribution in [0, 0.1) is 0 Å². The second kappa shape index (κ2) is 7.62. The Hall–Kier alpha value is -2.14. The molecule has 2 heterocycles. The van der Waals surface area contributed by atoms with E-state index < -0.39 is 0 Å². The molecule has 0 spiro atoms. The van der Waals surface area contributed by atoms with Crippen molar-refractivity contribution < 1.29 is 4.79 Å². The summed E-state index contributed by atoms with van der Waals surface area (Å²) in [6, 6.07) is 7.69. The number of hydrogen-bond donors (Lipinski definition) is 1. The minimum Gasteiger partial charge on any atom is -0.339 e. The van der Waals surface area contributed by atoms with Crippen molar-refractivity contribution in [3.8, 4) is 0 Å². The van der Waals surface area contributed by atoms with Crippen molar-refractivity contribution in [1.29, 1.82) is 0 Å². The number of carbonyl (C=O) groups excluding carboxylic acids is 1. The Bertz CT molecular complexity index is 704. The minimum absolute atomic E-state index is 0.0247. The second-order valence-electron chi connectivity index (χ2n) is 5.98. The fraction of sp³-hybridized carbons (Fsp3) is 0.389. The van der Waals surface area contributed by atoms with E-state index in [1.54, 1.807) is 6.20 Å². The molecule has 126 valence electrons. The first-order chi connectivity index (χ1) is 11.7. The molecule has 1 saturated heterocycles. The molecule has 1 unspecified atom stereocenters. The third-order valence-electron chi connectivity index (χ3n) is 4.33. The highest BCUT2D eigenvalue weighted by Gasteiger charge is 2.27. The summed E-state index contributed by atoms with van der Waals surface area (Å²) in [5.74, 6) is 0.558. The third kappa shape index (κ3) is 3.85. The van der Waals surface area contributed by atoms with Crippen molar-refractivity contribution in [3.05, 3.63) is 47.4 Å². The van der Waals surface area contributed by atoms with E-state index in [2.05, 4.69) is 22.2 Å². The van der Waals surface area contributed by atoms with Gasteiger partial charge in [0.25, 0.3) is 5.91 Å². The standard InChI is InChI=1S/C18H21ClN4O/c1-2-15-8-3-4-9-23(15)18(24)16-11-21-17(12-20-16)22-14-7-5-6-13(19)10-14/h5-7,10-12,15H,2-4,8-9H2,1H3,(H,21,22). The van der Waals surface area contributed by atoms with Gasteiger partial charge in [-0.3, -0.25) is 4.79 Å². The quantitative estimate of drug-likeness (QED) is 0.899. The van der Waals surface area contributed by atoms with Gasteiger partial charge in [0, 0.05) is 23.3 Å². The van der Waals surface area contributed by atoms with Gasteiger partial charge in [0.15, 0.2) is 0 Å². The number of nitrogens with one attached hydrogen (secondary N) is 1. The van der Waals surface area contributed by atoms with Crippen molar-refractivity contribution in [2.45, 2.75) is 38.6 Å². The van der Waals surface area contributed by atoms with E-state index in [1.165, 1.54) is 12.6 Å². The number of carbonyl (C=O) groups is 1. The fourth-order valence-corrected chi connectivity index (χ4v) is 3.25. The third-order valence-corrected chi connectivity index (χ3v) is 4.56. The first-order valence-electron chi connectivity index (χ1n) is 8.33. The molecule has 0 saturated carbocycles. The number of piperidine rings is 1. The van der Waals surface area contributed by atoms with E-state index in [1.807, 2.05) is 29.2 Å². The van der Waals surface area contributed by atoms with Gasteiger partial charge in [-0.05, 0) is 43.9 Å². The van der Waals surface area contributed by atoms with Crippen LogP contribution in [0.5, 0.6) is 0 Å². The number of amides is 1. The maximum atomic E-state index is 12.7. The highest BCUT2D eigenvalue weighted by atomic mass is 35.5. The predicted octanol–water partition coefficient (Wildman–Crippen LogP) is 4.28. The maximum Gasteiger partial charge on any atom is 0.274 e. The van der Waals surface area contributed by atoms with Gasteiger partial charge < -0.3 is 10.2 Å². The van der Waals surface area contributed by atoms with Crippen LogP contribution in [0.15, 0.2) is 36.7 Å². The smallest absolute Gasteiger partial charge is 0.274 e. The van der Waals surface area contributed by atoms with Gasteiger partial charge in [-0.15, -0.1) is 0 Å². The molecule has 0 aliphatic carbocycles. The van der Waals surface area contributed by atoms with Gasteiger partial charge in [0.2, 0.25) is 0 Å². The molecule has 0 bridgehead atoms. The summed E-state index contributed by atoms with van der Waals surface area (Å²) < 4.78 is 0. The fourth-order valence-electron chi connectivity index (χ4n) is 3.06. The highest BCUT2D eigenvalue weighted by molar-refractivity contribution is 6.30. The van der Waals surface area contributed by atoms with Crippen LogP contribution in [0.25, 0.3) is 0 Å². The van der Waals surface area contributed by atoms with E-state index >= 15 is 0 Å². The summed E-state index contributed by atoms with van der Waals surface area (Å²) in [4.78, 5) is 23.2. The molecule has 1 aromatic heterocycles. The number of halogens is 1. The molecule has 1 aromatic carbocycles. The summed E-state index contributed by atoms with van der Waals surface area (Å²) in [7, 11) is 0. The lowest BCUT2D eigenvalue weighted by Gasteiger charge is -2.34. The van der Waals surface area contributed by atoms with Crippen molar-refractivity contribution in [3.63, 3.8) is 0 Å². The minimum atomic E-state index is -0.0247. The Labute approximate surface area is 147 Å². The molecule has 1 fully saturated rings. The number of aromatic nitrogens is 2. The number of anilines is 2. The van der Waals surface area contributed by atoms with Gasteiger partial charge in [-0.1, -0.05) is 24.6 Å². The van der Waals surface area contributed by atoms with E-state index in [9.17, 15) is 4.79 Å². The molecule has 6 heteroatoms. The molecule has 1 aliphatic heterocycles. The number of likely N-dealkylation sites (tertiary alicyclic amines) is 1. The SMILES string of the molecule is CCC1CCCCN1C(=O)c1cnc(Nc2cccc(Cl)c2)cn1. The first-order valence-corrected chi connectivity index (χ1v) is 8.71. The van der Waals surface area contributed by atoms with Gasteiger partial charge >= 0.3 is 0 Å². The van der Waals surface area contributed by atoms with Crippen molar-refractivity contribution in [2.24, 2.45) is 0 Å². The Balaban J connectivity index is 1.70. The summed E-state index contributed by atoms with van der Waals surface area (Å²) in [6.45, 7) is 2.93. The molecule has 24 heavy (non-hydrogen) atoms. The van der Waals surface area contributed by atoms with Crippen LogP contribution in [-0.2, 0) is 0 Å². The van der Waals surface area contributed by atoms with E-state index in [0.29, 0.717) is 22.6 Å². The topological polar surface area (TPSA) is 58.1 Å². The highest BCUT2D eigenvalue weighted by Crippen LogP contribution is 2.22. The van der Waals surface area contributed by atoms with Gasteiger partial charge in [-0.2, -0.15) is 0 Å². The van der Waals surface area contributed by atoms with Gasteiger partial charge in [0.05, 0.1) is 12.4 Å². The monoisotopic (exact) mass is 344 g/mol. The lowest BCUT2D eigenvalue weighted by atomic mass is 10.00. The number of benzene rings is 1. The van der Waals surface area contributed by atoms with Gasteiger partial charge in [-0.25, -0.2) is 9.97 Å². The molecule has 1 amide bonds. The molecule has 1 atom stereocenters. The Kier molecular flexibility index (Phi) is 5.30. The molecular formula is C18H21ClN4O. The zero-order valence-corrected chi connectivity index (χ0v) is 14.5. The van der Waals surface area contributed by atoms with Crippen LogP contribution >= 0.6 is 11.6 Å². The lowest BCUT2D eigenvalue weighted by Crippen LogP contribution is -2.43. The maximum absolute atomic E-state index is 12.7. The Morgan fingerprint density at radius 3 is 2.92 bits per heavy atom. The van der Waals surface area contributed by atoms with Crippen LogP contribution < -0.4 is 5.32 Å². The summed E-state index contributed by atoms with van der Waals surface area (Å²) in [5, 5.41) is 3.78. The average Bonchev–Trinajstić information content (AvgIpc) is 2.62. The summed E-state index contributed by atoms with van der Waals surface area (Å²) in [5.41, 5.74) is 1.23. The molecule has 2 aromatic rings. The molecule has 1 aliphatic rings. The van der Waals surface area contributed by atoms with E-state index in [-0.39, 0.29) is 5.91 Å². The normalized spacial score (nSPS) is 17.6. The van der Waals surface area contributed by atoms with Crippen molar-refractivity contribution >= 4 is 29.0 Å². The zero-order chi connectivity index (χ0) is 16.9. The van der Waals surface area contributed by atoms with E-state index in [0.717, 1.165) is 31.5 Å². The largest absolute Gasteiger partial charge is 0.339 e. The predicted molar refractivity (Wildman–Crippen MR) is 95.7 cm³/mol. The average molecular weight is 345 g/mol. The zero-order valence-electron chi connectivity index (χ0n) is 13.7. The molecular weight excluding hydrogens is 324 g/mol.